The van der Waals surface area contributed by atoms with Gasteiger partial charge in [0, 0.05) is 38.3 Å². The van der Waals surface area contributed by atoms with Crippen molar-refractivity contribution in [2.45, 2.75) is 50.5 Å². The highest BCUT2D eigenvalue weighted by molar-refractivity contribution is 5.80. The molecule has 1 unspecified atom stereocenters. The quantitative estimate of drug-likeness (QED) is 0.796. The highest BCUT2D eigenvalue weighted by Crippen LogP contribution is 2.42. The molecule has 1 atom stereocenters. The van der Waals surface area contributed by atoms with Crippen LogP contribution in [0.2, 0.25) is 0 Å². The van der Waals surface area contributed by atoms with Crippen molar-refractivity contribution in [1.82, 2.24) is 15.1 Å². The van der Waals surface area contributed by atoms with E-state index in [-0.39, 0.29) is 23.5 Å². The summed E-state index contributed by atoms with van der Waals surface area (Å²) in [5.74, 6) is 0.144. The molecule has 1 N–H and O–H groups in total. The van der Waals surface area contributed by atoms with E-state index in [0.29, 0.717) is 6.54 Å². The Kier molecular flexibility index (Phi) is 5.09. The summed E-state index contributed by atoms with van der Waals surface area (Å²) in [5, 5.41) is 3.28. The largest absolute Gasteiger partial charge is 0.453 e. The molecule has 3 rings (SSSR count). The molecule has 23 heavy (non-hydrogen) atoms. The van der Waals surface area contributed by atoms with E-state index in [4.69, 9.17) is 4.74 Å². The third-order valence-corrected chi connectivity index (χ3v) is 5.89. The Bertz CT molecular complexity index is 442. The predicted octanol–water partition coefficient (Wildman–Crippen LogP) is 1.60. The number of piperazine rings is 1. The molecular weight excluding hydrogens is 294 g/mol. The fraction of sp³-hybridized carbons (Fsp3) is 0.882. The number of nitrogens with zero attached hydrogens (tertiary/aromatic N) is 2. The number of carbonyl (C=O) groups is 2. The second-order valence-corrected chi connectivity index (χ2v) is 7.18. The number of nitrogens with one attached hydrogen (secondary N) is 1. The molecule has 6 heteroatoms. The van der Waals surface area contributed by atoms with Gasteiger partial charge in [0.15, 0.2) is 0 Å². The van der Waals surface area contributed by atoms with Crippen LogP contribution in [0.4, 0.5) is 4.79 Å². The molecule has 0 radical (unpaired) electrons. The summed E-state index contributed by atoms with van der Waals surface area (Å²) in [4.78, 5) is 29.0. The average molecular weight is 323 g/mol. The monoisotopic (exact) mass is 323 g/mol. The second-order valence-electron chi connectivity index (χ2n) is 7.18. The first-order valence-corrected chi connectivity index (χ1v) is 9.01. The van der Waals surface area contributed by atoms with Crippen molar-refractivity contribution in [1.29, 1.82) is 0 Å². The van der Waals surface area contributed by atoms with Crippen molar-refractivity contribution < 1.29 is 14.3 Å². The molecule has 0 aromatic rings. The van der Waals surface area contributed by atoms with Gasteiger partial charge in [-0.3, -0.25) is 4.79 Å². The molecule has 1 saturated carbocycles. The van der Waals surface area contributed by atoms with Crippen LogP contribution in [0, 0.1) is 5.92 Å². The molecule has 130 valence electrons. The summed E-state index contributed by atoms with van der Waals surface area (Å²) in [5.41, 5.74) is -0.0639. The first kappa shape index (κ1) is 16.6. The van der Waals surface area contributed by atoms with Gasteiger partial charge in [0.2, 0.25) is 5.91 Å². The maximum atomic E-state index is 12.8. The summed E-state index contributed by atoms with van der Waals surface area (Å²) in [6, 6.07) is 0. The van der Waals surface area contributed by atoms with E-state index in [2.05, 4.69) is 5.32 Å². The van der Waals surface area contributed by atoms with Gasteiger partial charge in [-0.1, -0.05) is 19.3 Å². The predicted molar refractivity (Wildman–Crippen MR) is 87.1 cm³/mol. The number of piperidine rings is 1. The van der Waals surface area contributed by atoms with Crippen molar-refractivity contribution in [3.8, 4) is 0 Å². The highest BCUT2D eigenvalue weighted by atomic mass is 16.5. The molecule has 0 bridgehead atoms. The van der Waals surface area contributed by atoms with Crippen molar-refractivity contribution in [2.24, 2.45) is 5.92 Å². The van der Waals surface area contributed by atoms with Crippen LogP contribution in [0.1, 0.15) is 44.9 Å². The topological polar surface area (TPSA) is 61.9 Å². The number of rotatable bonds is 1. The van der Waals surface area contributed by atoms with Gasteiger partial charge in [-0.05, 0) is 25.7 Å². The normalized spacial score (nSPS) is 27.8. The Balaban J connectivity index is 1.71. The van der Waals surface area contributed by atoms with E-state index in [9.17, 15) is 9.59 Å². The SMILES string of the molecule is COC(=O)N1CC(C(=O)N2CCNCC2)CCC12CCCCC2. The van der Waals surface area contributed by atoms with Crippen LogP contribution in [-0.2, 0) is 9.53 Å². The smallest absolute Gasteiger partial charge is 0.409 e. The number of amides is 2. The number of methoxy groups -OCH3 is 1. The summed E-state index contributed by atoms with van der Waals surface area (Å²) in [6.45, 7) is 3.80. The first-order chi connectivity index (χ1) is 11.2. The molecule has 2 aliphatic heterocycles. The van der Waals surface area contributed by atoms with Crippen LogP contribution in [0.3, 0.4) is 0 Å². The van der Waals surface area contributed by atoms with Crippen LogP contribution < -0.4 is 5.32 Å². The van der Waals surface area contributed by atoms with Crippen molar-refractivity contribution in [3.63, 3.8) is 0 Å². The van der Waals surface area contributed by atoms with Gasteiger partial charge in [0.25, 0.3) is 0 Å². The third-order valence-electron chi connectivity index (χ3n) is 5.89. The average Bonchev–Trinajstić information content (AvgIpc) is 2.62. The lowest BCUT2D eigenvalue weighted by Gasteiger charge is -2.51. The molecule has 0 aromatic heterocycles. The Morgan fingerprint density at radius 1 is 1.09 bits per heavy atom. The van der Waals surface area contributed by atoms with E-state index in [1.165, 1.54) is 26.4 Å². The number of carbonyl (C=O) groups excluding carboxylic acids is 2. The number of hydrogen-bond acceptors (Lipinski definition) is 4. The van der Waals surface area contributed by atoms with E-state index in [0.717, 1.165) is 51.9 Å². The minimum absolute atomic E-state index is 0.0639. The highest BCUT2D eigenvalue weighted by Gasteiger charge is 2.47. The standard InChI is InChI=1S/C17H29N3O3/c1-23-16(22)20-13-14(15(21)19-11-9-18-10-12-19)5-8-17(20)6-3-2-4-7-17/h14,18H,2-13H2,1H3. The van der Waals surface area contributed by atoms with Crippen LogP contribution in [0.25, 0.3) is 0 Å². The Morgan fingerprint density at radius 3 is 2.43 bits per heavy atom. The Labute approximate surface area is 138 Å². The zero-order valence-corrected chi connectivity index (χ0v) is 14.2. The Hall–Kier alpha value is -1.30. The minimum Gasteiger partial charge on any atom is -0.453 e. The van der Waals surface area contributed by atoms with Crippen molar-refractivity contribution >= 4 is 12.0 Å². The molecule has 0 aromatic carbocycles. The lowest BCUT2D eigenvalue weighted by Crippen LogP contribution is -2.60. The first-order valence-electron chi connectivity index (χ1n) is 9.01. The second kappa shape index (κ2) is 7.07. The summed E-state index contributed by atoms with van der Waals surface area (Å²) < 4.78 is 5.04. The van der Waals surface area contributed by atoms with Crippen LogP contribution in [0.15, 0.2) is 0 Å². The zero-order valence-electron chi connectivity index (χ0n) is 14.2. The molecule has 6 nitrogen and oxygen atoms in total. The fourth-order valence-corrected chi connectivity index (χ4v) is 4.54. The number of ether oxygens (including phenoxy) is 1. The van der Waals surface area contributed by atoms with E-state index in [1.807, 2.05) is 9.80 Å². The minimum atomic E-state index is -0.260. The fourth-order valence-electron chi connectivity index (χ4n) is 4.54. The summed E-state index contributed by atoms with van der Waals surface area (Å²) in [6.07, 6.45) is 7.27. The van der Waals surface area contributed by atoms with E-state index >= 15 is 0 Å². The molecule has 3 aliphatic rings. The van der Waals surface area contributed by atoms with Gasteiger partial charge in [-0.2, -0.15) is 0 Å². The van der Waals surface area contributed by atoms with E-state index in [1.54, 1.807) is 0 Å². The lowest BCUT2D eigenvalue weighted by atomic mass is 9.72. The molecular formula is C17H29N3O3. The third kappa shape index (κ3) is 3.32. The van der Waals surface area contributed by atoms with Crippen LogP contribution in [-0.4, -0.2) is 67.2 Å². The maximum Gasteiger partial charge on any atom is 0.409 e. The van der Waals surface area contributed by atoms with Gasteiger partial charge in [0.1, 0.15) is 0 Å². The Morgan fingerprint density at radius 2 is 1.78 bits per heavy atom. The lowest BCUT2D eigenvalue weighted by molar-refractivity contribution is -0.139. The zero-order chi connectivity index (χ0) is 16.3. The molecule has 1 aliphatic carbocycles. The molecule has 1 spiro atoms. The molecule has 3 fully saturated rings. The van der Waals surface area contributed by atoms with E-state index < -0.39 is 0 Å². The molecule has 2 amide bonds. The van der Waals surface area contributed by atoms with Gasteiger partial charge in [-0.25, -0.2) is 4.79 Å². The van der Waals surface area contributed by atoms with Crippen LogP contribution >= 0.6 is 0 Å². The van der Waals surface area contributed by atoms with Crippen molar-refractivity contribution in [3.05, 3.63) is 0 Å². The van der Waals surface area contributed by atoms with Crippen LogP contribution in [0.5, 0.6) is 0 Å². The van der Waals surface area contributed by atoms with Crippen molar-refractivity contribution in [2.75, 3.05) is 39.8 Å². The molecule has 2 heterocycles. The summed E-state index contributed by atoms with van der Waals surface area (Å²) in [7, 11) is 1.45. The van der Waals surface area contributed by atoms with Gasteiger partial charge >= 0.3 is 6.09 Å². The number of likely N-dealkylation sites (tertiary alicyclic amines) is 1. The summed E-state index contributed by atoms with van der Waals surface area (Å²) >= 11 is 0. The van der Waals surface area contributed by atoms with Gasteiger partial charge in [0.05, 0.1) is 13.0 Å². The van der Waals surface area contributed by atoms with Gasteiger partial charge in [-0.15, -0.1) is 0 Å². The van der Waals surface area contributed by atoms with Gasteiger partial charge < -0.3 is 19.9 Å². The maximum absolute atomic E-state index is 12.8. The number of hydrogen-bond donors (Lipinski definition) is 1. The molecule has 2 saturated heterocycles.